The smallest absolute Gasteiger partial charge is 0.239 e. The molecule has 0 unspecified atom stereocenters. The molecule has 19 heavy (non-hydrogen) atoms. The van der Waals surface area contributed by atoms with E-state index >= 15 is 0 Å². The van der Waals surface area contributed by atoms with Crippen LogP contribution < -0.4 is 16.0 Å². The standard InChI is InChI=1S/C13H23N5O/c1-5-6-14-11-7-12(18-10(4)17-11)15-8-13(19)16-9(2)3/h7,9H,5-6,8H2,1-4H3,(H,16,19)(H2,14,15,17,18). The maximum atomic E-state index is 11.5. The van der Waals surface area contributed by atoms with Gasteiger partial charge in [-0.2, -0.15) is 0 Å². The van der Waals surface area contributed by atoms with Crippen LogP contribution in [0.15, 0.2) is 6.07 Å². The molecule has 0 bridgehead atoms. The van der Waals surface area contributed by atoms with Crippen molar-refractivity contribution in [2.45, 2.75) is 40.2 Å². The highest BCUT2D eigenvalue weighted by molar-refractivity contribution is 5.80. The summed E-state index contributed by atoms with van der Waals surface area (Å²) in [5.41, 5.74) is 0. The number of hydrogen-bond donors (Lipinski definition) is 3. The molecule has 1 aromatic rings. The van der Waals surface area contributed by atoms with Crippen LogP contribution >= 0.6 is 0 Å². The van der Waals surface area contributed by atoms with E-state index in [1.807, 2.05) is 26.8 Å². The lowest BCUT2D eigenvalue weighted by Crippen LogP contribution is -2.35. The summed E-state index contributed by atoms with van der Waals surface area (Å²) in [6.45, 7) is 8.86. The van der Waals surface area contributed by atoms with Gasteiger partial charge in [-0.1, -0.05) is 6.92 Å². The summed E-state index contributed by atoms with van der Waals surface area (Å²) in [6.07, 6.45) is 1.03. The van der Waals surface area contributed by atoms with E-state index in [4.69, 9.17) is 0 Å². The van der Waals surface area contributed by atoms with E-state index in [9.17, 15) is 4.79 Å². The fourth-order valence-electron chi connectivity index (χ4n) is 1.55. The van der Waals surface area contributed by atoms with Gasteiger partial charge in [0.1, 0.15) is 17.5 Å². The third-order valence-corrected chi connectivity index (χ3v) is 2.27. The molecule has 0 aliphatic carbocycles. The molecule has 0 radical (unpaired) electrons. The first-order valence-corrected chi connectivity index (χ1v) is 6.64. The Morgan fingerprint density at radius 1 is 1.26 bits per heavy atom. The largest absolute Gasteiger partial charge is 0.370 e. The van der Waals surface area contributed by atoms with E-state index in [0.29, 0.717) is 11.6 Å². The molecule has 6 heteroatoms. The van der Waals surface area contributed by atoms with Gasteiger partial charge in [0.2, 0.25) is 5.91 Å². The van der Waals surface area contributed by atoms with Crippen molar-refractivity contribution in [2.24, 2.45) is 0 Å². The lowest BCUT2D eigenvalue weighted by atomic mass is 10.4. The Labute approximate surface area is 114 Å². The SMILES string of the molecule is CCCNc1cc(NCC(=O)NC(C)C)nc(C)n1. The van der Waals surface area contributed by atoms with Crippen molar-refractivity contribution in [1.29, 1.82) is 0 Å². The van der Waals surface area contributed by atoms with Crippen LogP contribution in [0.4, 0.5) is 11.6 Å². The predicted molar refractivity (Wildman–Crippen MR) is 77.3 cm³/mol. The van der Waals surface area contributed by atoms with Crippen LogP contribution in [-0.4, -0.2) is 35.0 Å². The molecule has 106 valence electrons. The first-order valence-electron chi connectivity index (χ1n) is 6.64. The second-order valence-corrected chi connectivity index (χ2v) is 4.69. The summed E-state index contributed by atoms with van der Waals surface area (Å²) in [6, 6.07) is 1.95. The number of carbonyl (C=O) groups excluding carboxylic acids is 1. The maximum absolute atomic E-state index is 11.5. The molecule has 6 nitrogen and oxygen atoms in total. The molecular formula is C13H23N5O. The molecule has 0 aromatic carbocycles. The monoisotopic (exact) mass is 265 g/mol. The number of hydrogen-bond acceptors (Lipinski definition) is 5. The van der Waals surface area contributed by atoms with Gasteiger partial charge in [-0.05, 0) is 27.2 Å². The van der Waals surface area contributed by atoms with Gasteiger partial charge in [-0.25, -0.2) is 9.97 Å². The summed E-state index contributed by atoms with van der Waals surface area (Å²) in [5, 5.41) is 9.02. The highest BCUT2D eigenvalue weighted by Crippen LogP contribution is 2.10. The summed E-state index contributed by atoms with van der Waals surface area (Å²) in [5.74, 6) is 2.06. The molecule has 3 N–H and O–H groups in total. The molecule has 0 aliphatic heterocycles. The second kappa shape index (κ2) is 7.56. The van der Waals surface area contributed by atoms with Crippen LogP contribution in [0.1, 0.15) is 33.0 Å². The van der Waals surface area contributed by atoms with Gasteiger partial charge in [0, 0.05) is 18.7 Å². The lowest BCUT2D eigenvalue weighted by molar-refractivity contribution is -0.119. The third-order valence-electron chi connectivity index (χ3n) is 2.27. The summed E-state index contributed by atoms with van der Waals surface area (Å²) in [4.78, 5) is 20.1. The van der Waals surface area contributed by atoms with Crippen molar-refractivity contribution >= 4 is 17.5 Å². The van der Waals surface area contributed by atoms with Gasteiger partial charge in [-0.3, -0.25) is 4.79 Å². The van der Waals surface area contributed by atoms with Crippen LogP contribution in [0.2, 0.25) is 0 Å². The zero-order chi connectivity index (χ0) is 14.3. The zero-order valence-corrected chi connectivity index (χ0v) is 12.1. The number of amides is 1. The molecule has 0 aliphatic rings. The van der Waals surface area contributed by atoms with Gasteiger partial charge < -0.3 is 16.0 Å². The molecular weight excluding hydrogens is 242 g/mol. The first-order chi connectivity index (χ1) is 9.01. The van der Waals surface area contributed by atoms with E-state index in [2.05, 4.69) is 32.8 Å². The average molecular weight is 265 g/mol. The van der Waals surface area contributed by atoms with Gasteiger partial charge in [0.15, 0.2) is 0 Å². The number of aromatic nitrogens is 2. The van der Waals surface area contributed by atoms with Crippen molar-refractivity contribution in [2.75, 3.05) is 23.7 Å². The predicted octanol–water partition coefficient (Wildman–Crippen LogP) is 1.54. The molecule has 1 amide bonds. The van der Waals surface area contributed by atoms with Crippen LogP contribution in [0.5, 0.6) is 0 Å². The van der Waals surface area contributed by atoms with Crippen LogP contribution in [0.3, 0.4) is 0 Å². The number of aryl methyl sites for hydroxylation is 1. The first kappa shape index (κ1) is 15.2. The van der Waals surface area contributed by atoms with Crippen LogP contribution in [-0.2, 0) is 4.79 Å². The van der Waals surface area contributed by atoms with Crippen LogP contribution in [0.25, 0.3) is 0 Å². The third kappa shape index (κ3) is 6.03. The van der Waals surface area contributed by atoms with Crippen molar-refractivity contribution in [1.82, 2.24) is 15.3 Å². The number of rotatable bonds is 7. The Morgan fingerprint density at radius 2 is 1.89 bits per heavy atom. The molecule has 1 heterocycles. The summed E-state index contributed by atoms with van der Waals surface area (Å²) >= 11 is 0. The molecule has 1 rings (SSSR count). The molecule has 0 saturated heterocycles. The maximum Gasteiger partial charge on any atom is 0.239 e. The van der Waals surface area contributed by atoms with Crippen molar-refractivity contribution in [3.05, 3.63) is 11.9 Å². The van der Waals surface area contributed by atoms with Gasteiger partial charge in [-0.15, -0.1) is 0 Å². The average Bonchev–Trinajstić information content (AvgIpc) is 2.32. The number of nitrogens with zero attached hydrogens (tertiary/aromatic N) is 2. The second-order valence-electron chi connectivity index (χ2n) is 4.69. The zero-order valence-electron chi connectivity index (χ0n) is 12.1. The highest BCUT2D eigenvalue weighted by Gasteiger charge is 2.05. The molecule has 0 fully saturated rings. The van der Waals surface area contributed by atoms with Crippen LogP contribution in [0, 0.1) is 6.92 Å². The van der Waals surface area contributed by atoms with E-state index < -0.39 is 0 Å². The Morgan fingerprint density at radius 3 is 2.47 bits per heavy atom. The van der Waals surface area contributed by atoms with Gasteiger partial charge in [0.25, 0.3) is 0 Å². The molecule has 0 saturated carbocycles. The van der Waals surface area contributed by atoms with Crippen molar-refractivity contribution in [3.8, 4) is 0 Å². The quantitative estimate of drug-likeness (QED) is 0.697. The summed E-state index contributed by atoms with van der Waals surface area (Å²) < 4.78 is 0. The topological polar surface area (TPSA) is 78.9 Å². The van der Waals surface area contributed by atoms with Crippen molar-refractivity contribution < 1.29 is 4.79 Å². The van der Waals surface area contributed by atoms with E-state index in [-0.39, 0.29) is 18.5 Å². The molecule has 1 aromatic heterocycles. The van der Waals surface area contributed by atoms with E-state index in [1.54, 1.807) is 0 Å². The van der Waals surface area contributed by atoms with Gasteiger partial charge >= 0.3 is 0 Å². The minimum atomic E-state index is -0.0469. The number of nitrogens with one attached hydrogen (secondary N) is 3. The minimum Gasteiger partial charge on any atom is -0.370 e. The van der Waals surface area contributed by atoms with E-state index in [0.717, 1.165) is 18.8 Å². The number of anilines is 2. The Bertz CT molecular complexity index is 419. The Kier molecular flexibility index (Phi) is 6.05. The fraction of sp³-hybridized carbons (Fsp3) is 0.615. The molecule has 0 spiro atoms. The van der Waals surface area contributed by atoms with Crippen molar-refractivity contribution in [3.63, 3.8) is 0 Å². The Hall–Kier alpha value is -1.85. The van der Waals surface area contributed by atoms with E-state index in [1.165, 1.54) is 0 Å². The fourth-order valence-corrected chi connectivity index (χ4v) is 1.55. The lowest BCUT2D eigenvalue weighted by Gasteiger charge is -2.11. The summed E-state index contributed by atoms with van der Waals surface area (Å²) in [7, 11) is 0. The Balaban J connectivity index is 2.57. The van der Waals surface area contributed by atoms with Gasteiger partial charge in [0.05, 0.1) is 6.54 Å². The number of carbonyl (C=O) groups is 1. The molecule has 0 atom stereocenters. The normalized spacial score (nSPS) is 10.4. The highest BCUT2D eigenvalue weighted by atomic mass is 16.1. The minimum absolute atomic E-state index is 0.0469.